The summed E-state index contributed by atoms with van der Waals surface area (Å²) in [5, 5.41) is 28.4. The Kier molecular flexibility index (Phi) is 6.94. The molecule has 2 atom stereocenters. The summed E-state index contributed by atoms with van der Waals surface area (Å²) in [7, 11) is 0. The van der Waals surface area contributed by atoms with Crippen molar-refractivity contribution in [3.8, 4) is 11.1 Å². The van der Waals surface area contributed by atoms with E-state index in [0.29, 0.717) is 24.4 Å². The van der Waals surface area contributed by atoms with Gasteiger partial charge in [0.2, 0.25) is 0 Å². The molecule has 6 nitrogen and oxygen atoms in total. The molecule has 2 heterocycles. The lowest BCUT2D eigenvalue weighted by atomic mass is 9.72. The quantitative estimate of drug-likeness (QED) is 0.386. The third kappa shape index (κ3) is 4.72. The molecule has 2 aromatic carbocycles. The monoisotopic (exact) mass is 453 g/mol. The van der Waals surface area contributed by atoms with Crippen LogP contribution in [0.4, 0.5) is 4.79 Å². The molecule has 4 N–H and O–H groups in total. The molecule has 0 bridgehead atoms. The number of rotatable bonds is 7. The number of halogens is 1. The van der Waals surface area contributed by atoms with Gasteiger partial charge in [-0.2, -0.15) is 0 Å². The van der Waals surface area contributed by atoms with Crippen LogP contribution in [0, 0.1) is 5.92 Å². The second-order valence-electron chi connectivity index (χ2n) is 8.38. The molecule has 32 heavy (non-hydrogen) atoms. The Morgan fingerprint density at radius 2 is 2.09 bits per heavy atom. The molecule has 1 aromatic heterocycles. The van der Waals surface area contributed by atoms with E-state index in [1.165, 1.54) is 0 Å². The molecule has 0 aliphatic carbocycles. The Morgan fingerprint density at radius 3 is 2.88 bits per heavy atom. The summed E-state index contributed by atoms with van der Waals surface area (Å²) in [6.45, 7) is 1.92. The van der Waals surface area contributed by atoms with E-state index in [-0.39, 0.29) is 12.5 Å². The number of hydrogen-bond donors (Lipinski definition) is 4. The standard InChI is InChI=1S/C25H28ClN3O3/c26-21-9-3-8-20(23(21)18-14-17-6-1-2-10-22(17)29-15-18)25(32,11-5-13-28-24(30)31)19-7-4-12-27-16-19/h1-3,6,8-10,14-15,19,27-28,32H,4-5,7,11-13,16H2,(H,30,31). The second kappa shape index (κ2) is 9.86. The smallest absolute Gasteiger partial charge is 0.404 e. The number of pyridine rings is 1. The molecule has 1 aliphatic rings. The highest BCUT2D eigenvalue weighted by molar-refractivity contribution is 6.33. The number of aliphatic hydroxyl groups is 1. The second-order valence-corrected chi connectivity index (χ2v) is 8.79. The first-order chi connectivity index (χ1) is 15.5. The Bertz CT molecular complexity index is 1100. The number of benzene rings is 2. The van der Waals surface area contributed by atoms with Crippen molar-refractivity contribution in [1.29, 1.82) is 0 Å². The predicted molar refractivity (Wildman–Crippen MR) is 127 cm³/mol. The Labute approximate surface area is 192 Å². The predicted octanol–water partition coefficient (Wildman–Crippen LogP) is 4.79. The van der Waals surface area contributed by atoms with Crippen molar-refractivity contribution in [1.82, 2.24) is 15.6 Å². The van der Waals surface area contributed by atoms with Gasteiger partial charge in [0.05, 0.1) is 11.1 Å². The average Bonchev–Trinajstić information content (AvgIpc) is 2.81. The third-order valence-electron chi connectivity index (χ3n) is 6.34. The molecule has 1 fully saturated rings. The van der Waals surface area contributed by atoms with Gasteiger partial charge in [-0.15, -0.1) is 0 Å². The van der Waals surface area contributed by atoms with Gasteiger partial charge in [0.1, 0.15) is 0 Å². The van der Waals surface area contributed by atoms with Crippen molar-refractivity contribution in [3.05, 3.63) is 65.3 Å². The first-order valence-corrected chi connectivity index (χ1v) is 11.4. The minimum absolute atomic E-state index is 0.00768. The highest BCUT2D eigenvalue weighted by atomic mass is 35.5. The molecular weight excluding hydrogens is 426 g/mol. The summed E-state index contributed by atoms with van der Waals surface area (Å²) < 4.78 is 0. The van der Waals surface area contributed by atoms with Crippen LogP contribution in [0.5, 0.6) is 0 Å². The number of nitrogens with one attached hydrogen (secondary N) is 2. The van der Waals surface area contributed by atoms with Crippen LogP contribution < -0.4 is 10.6 Å². The van der Waals surface area contributed by atoms with E-state index >= 15 is 0 Å². The molecule has 0 radical (unpaired) electrons. The van der Waals surface area contributed by atoms with Gasteiger partial charge in [0.25, 0.3) is 0 Å². The van der Waals surface area contributed by atoms with Gasteiger partial charge in [-0.25, -0.2) is 4.79 Å². The van der Waals surface area contributed by atoms with Crippen LogP contribution in [-0.2, 0) is 5.60 Å². The summed E-state index contributed by atoms with van der Waals surface area (Å²) in [5.74, 6) is -0.00768. The summed E-state index contributed by atoms with van der Waals surface area (Å²) in [5.41, 5.74) is 2.16. The average molecular weight is 454 g/mol. The van der Waals surface area contributed by atoms with Gasteiger partial charge in [-0.05, 0) is 56.0 Å². The molecule has 3 aromatic rings. The van der Waals surface area contributed by atoms with Gasteiger partial charge in [-0.3, -0.25) is 4.98 Å². The summed E-state index contributed by atoms with van der Waals surface area (Å²) in [6.07, 6.45) is 3.55. The van der Waals surface area contributed by atoms with Gasteiger partial charge in [0.15, 0.2) is 0 Å². The number of nitrogens with zero attached hydrogens (tertiary/aromatic N) is 1. The number of amides is 1. The van der Waals surface area contributed by atoms with Crippen molar-refractivity contribution < 1.29 is 15.0 Å². The SMILES string of the molecule is O=C(O)NCCCC(O)(c1cccc(Cl)c1-c1cnc2ccccc2c1)C1CCCNC1. The van der Waals surface area contributed by atoms with Crippen LogP contribution in [-0.4, -0.2) is 40.9 Å². The molecule has 2 unspecified atom stereocenters. The zero-order chi connectivity index (χ0) is 22.6. The van der Waals surface area contributed by atoms with Crippen LogP contribution in [0.15, 0.2) is 54.7 Å². The van der Waals surface area contributed by atoms with Gasteiger partial charge < -0.3 is 20.8 Å². The Morgan fingerprint density at radius 1 is 1.25 bits per heavy atom. The van der Waals surface area contributed by atoms with E-state index in [4.69, 9.17) is 16.7 Å². The lowest BCUT2D eigenvalue weighted by molar-refractivity contribution is -0.0415. The largest absolute Gasteiger partial charge is 0.465 e. The van der Waals surface area contributed by atoms with Gasteiger partial charge in [0, 0.05) is 46.7 Å². The fraction of sp³-hybridized carbons (Fsp3) is 0.360. The minimum atomic E-state index is -1.15. The fourth-order valence-electron chi connectivity index (χ4n) is 4.76. The normalized spacial score (nSPS) is 18.2. The summed E-state index contributed by atoms with van der Waals surface area (Å²) in [6, 6.07) is 15.6. The molecule has 1 amide bonds. The number of aromatic nitrogens is 1. The van der Waals surface area contributed by atoms with E-state index in [1.807, 2.05) is 42.5 Å². The van der Waals surface area contributed by atoms with E-state index in [1.54, 1.807) is 6.20 Å². The van der Waals surface area contributed by atoms with Gasteiger partial charge in [-0.1, -0.05) is 41.9 Å². The molecule has 1 aliphatic heterocycles. The van der Waals surface area contributed by atoms with Crippen molar-refractivity contribution in [2.45, 2.75) is 31.3 Å². The number of para-hydroxylation sites is 1. The number of fused-ring (bicyclic) bond motifs is 1. The van der Waals surface area contributed by atoms with E-state index in [9.17, 15) is 9.90 Å². The molecule has 4 rings (SSSR count). The zero-order valence-corrected chi connectivity index (χ0v) is 18.6. The summed E-state index contributed by atoms with van der Waals surface area (Å²) in [4.78, 5) is 15.5. The fourth-order valence-corrected chi connectivity index (χ4v) is 5.04. The van der Waals surface area contributed by atoms with Crippen LogP contribution in [0.3, 0.4) is 0 Å². The van der Waals surface area contributed by atoms with Crippen LogP contribution in [0.1, 0.15) is 31.2 Å². The Hall–Kier alpha value is -2.67. The van der Waals surface area contributed by atoms with Crippen molar-refractivity contribution in [2.75, 3.05) is 19.6 Å². The molecule has 168 valence electrons. The highest BCUT2D eigenvalue weighted by Gasteiger charge is 2.40. The van der Waals surface area contributed by atoms with Crippen molar-refractivity contribution >= 4 is 28.6 Å². The maximum Gasteiger partial charge on any atom is 0.404 e. The van der Waals surface area contributed by atoms with Crippen molar-refractivity contribution in [3.63, 3.8) is 0 Å². The minimum Gasteiger partial charge on any atom is -0.465 e. The Balaban J connectivity index is 1.78. The van der Waals surface area contributed by atoms with E-state index in [0.717, 1.165) is 47.0 Å². The number of piperidine rings is 1. The molecule has 0 saturated carbocycles. The molecule has 0 spiro atoms. The van der Waals surface area contributed by atoms with E-state index in [2.05, 4.69) is 21.7 Å². The number of carboxylic acid groups (broad SMARTS) is 1. The lowest BCUT2D eigenvalue weighted by Crippen LogP contribution is -2.45. The molecule has 1 saturated heterocycles. The number of carbonyl (C=O) groups is 1. The topological polar surface area (TPSA) is 94.5 Å². The number of hydrogen-bond acceptors (Lipinski definition) is 4. The molecule has 7 heteroatoms. The first kappa shape index (κ1) is 22.5. The summed E-state index contributed by atoms with van der Waals surface area (Å²) >= 11 is 6.72. The maximum atomic E-state index is 12.2. The maximum absolute atomic E-state index is 12.2. The van der Waals surface area contributed by atoms with Crippen LogP contribution >= 0.6 is 11.6 Å². The van der Waals surface area contributed by atoms with Crippen LogP contribution in [0.2, 0.25) is 5.02 Å². The zero-order valence-electron chi connectivity index (χ0n) is 17.9. The van der Waals surface area contributed by atoms with Crippen LogP contribution in [0.25, 0.3) is 22.0 Å². The van der Waals surface area contributed by atoms with Gasteiger partial charge >= 0.3 is 6.09 Å². The molecular formula is C25H28ClN3O3. The first-order valence-electron chi connectivity index (χ1n) is 11.0. The van der Waals surface area contributed by atoms with Crippen molar-refractivity contribution in [2.24, 2.45) is 5.92 Å². The lowest BCUT2D eigenvalue weighted by Gasteiger charge is -2.40. The van der Waals surface area contributed by atoms with E-state index < -0.39 is 11.7 Å². The third-order valence-corrected chi connectivity index (χ3v) is 6.66. The highest BCUT2D eigenvalue weighted by Crippen LogP contribution is 2.45.